The van der Waals surface area contributed by atoms with Gasteiger partial charge in [-0.2, -0.15) is 0 Å². The summed E-state index contributed by atoms with van der Waals surface area (Å²) in [5, 5.41) is 0. The lowest BCUT2D eigenvalue weighted by atomic mass is 9.90. The monoisotopic (exact) mass is 396 g/mol. The first kappa shape index (κ1) is 25.7. The van der Waals surface area contributed by atoms with Crippen LogP contribution in [0.1, 0.15) is 60.3 Å². The van der Waals surface area contributed by atoms with Gasteiger partial charge in [-0.15, -0.1) is 0 Å². The van der Waals surface area contributed by atoms with Crippen molar-refractivity contribution in [1.82, 2.24) is 0 Å². The molecule has 0 aromatic rings. The highest BCUT2D eigenvalue weighted by atomic mass is 31.2. The summed E-state index contributed by atoms with van der Waals surface area (Å²) in [7, 11) is -3.52. The van der Waals surface area contributed by atoms with E-state index in [4.69, 9.17) is 23.0 Å². The largest absolute Gasteiger partial charge is 0.474 e. The molecule has 0 atom stereocenters. The van der Waals surface area contributed by atoms with Crippen molar-refractivity contribution in [3.05, 3.63) is 0 Å². The molecule has 0 unspecified atom stereocenters. The Morgan fingerprint density at radius 2 is 1.27 bits per heavy atom. The number of phosphoric acid groups is 1. The van der Waals surface area contributed by atoms with Gasteiger partial charge < -0.3 is 9.47 Å². The van der Waals surface area contributed by atoms with Gasteiger partial charge >= 0.3 is 7.82 Å². The fourth-order valence-electron chi connectivity index (χ4n) is 1.61. The Balaban J connectivity index is 3.92. The zero-order chi connectivity index (χ0) is 19.9. The maximum atomic E-state index is 12.5. The minimum Gasteiger partial charge on any atom is -0.378 e. The molecule has 7 nitrogen and oxygen atoms in total. The second-order valence-electron chi connectivity index (χ2n) is 6.76. The summed E-state index contributed by atoms with van der Waals surface area (Å²) >= 11 is 0. The minimum atomic E-state index is -3.52. The second kappa shape index (κ2) is 14.7. The van der Waals surface area contributed by atoms with Gasteiger partial charge in [-0.3, -0.25) is 18.4 Å². The van der Waals surface area contributed by atoms with E-state index in [1.54, 1.807) is 6.92 Å². The van der Waals surface area contributed by atoms with Gasteiger partial charge in [0.25, 0.3) is 0 Å². The number of phosphoric ester groups is 1. The fraction of sp³-hybridized carbons (Fsp3) is 0.944. The van der Waals surface area contributed by atoms with Crippen LogP contribution in [0, 0.1) is 5.41 Å². The third-order valence-electron chi connectivity index (χ3n) is 3.76. The van der Waals surface area contributed by atoms with Crippen LogP contribution in [0.3, 0.4) is 0 Å². The smallest absolute Gasteiger partial charge is 0.378 e. The van der Waals surface area contributed by atoms with Crippen LogP contribution in [0.5, 0.6) is 0 Å². The lowest BCUT2D eigenvalue weighted by Crippen LogP contribution is -2.28. The van der Waals surface area contributed by atoms with Gasteiger partial charge in [-0.05, 0) is 19.8 Å². The molecule has 0 aromatic carbocycles. The lowest BCUT2D eigenvalue weighted by molar-refractivity contribution is -0.128. The maximum Gasteiger partial charge on any atom is 0.474 e. The van der Waals surface area contributed by atoms with E-state index in [2.05, 4.69) is 0 Å². The average Bonchev–Trinajstić information content (AvgIpc) is 2.57. The van der Waals surface area contributed by atoms with Gasteiger partial charge in [-0.25, -0.2) is 4.57 Å². The van der Waals surface area contributed by atoms with Crippen molar-refractivity contribution in [1.29, 1.82) is 0 Å². The average molecular weight is 396 g/mol. The van der Waals surface area contributed by atoms with E-state index in [0.717, 1.165) is 25.7 Å². The van der Waals surface area contributed by atoms with Crippen molar-refractivity contribution in [2.24, 2.45) is 5.41 Å². The van der Waals surface area contributed by atoms with Gasteiger partial charge in [-0.1, -0.05) is 40.5 Å². The number of ketones is 1. The first-order valence-corrected chi connectivity index (χ1v) is 10.9. The molecule has 0 radical (unpaired) electrons. The van der Waals surface area contributed by atoms with Crippen LogP contribution in [0.4, 0.5) is 0 Å². The molecule has 0 aliphatic carbocycles. The Morgan fingerprint density at radius 3 is 1.77 bits per heavy atom. The molecule has 0 saturated heterocycles. The standard InChI is InChI=1S/C18H37O7P/c1-6-8-10-23-26(20,24-11-9-7-2)25-15-14-21-12-13-22-16-18(4,5)17(3)19/h6-16H2,1-5H3. The summed E-state index contributed by atoms with van der Waals surface area (Å²) in [6.45, 7) is 11.5. The number of carbonyl (C=O) groups excluding carboxylic acids is 1. The van der Waals surface area contributed by atoms with Crippen LogP contribution in [0.25, 0.3) is 0 Å². The summed E-state index contributed by atoms with van der Waals surface area (Å²) in [5.41, 5.74) is -0.485. The Hall–Kier alpha value is -0.300. The van der Waals surface area contributed by atoms with Gasteiger partial charge in [0, 0.05) is 5.41 Å². The Bertz CT molecular complexity index is 398. The van der Waals surface area contributed by atoms with Crippen LogP contribution < -0.4 is 0 Å². The maximum absolute atomic E-state index is 12.5. The summed E-state index contributed by atoms with van der Waals surface area (Å²) in [6.07, 6.45) is 3.49. The summed E-state index contributed by atoms with van der Waals surface area (Å²) in [5.74, 6) is 0.0914. The quantitative estimate of drug-likeness (QED) is 0.251. The second-order valence-corrected chi connectivity index (χ2v) is 8.43. The molecule has 0 fully saturated rings. The predicted molar refractivity (Wildman–Crippen MR) is 101 cm³/mol. The predicted octanol–water partition coefficient (Wildman–Crippen LogP) is 4.39. The van der Waals surface area contributed by atoms with Crippen LogP contribution in [0.2, 0.25) is 0 Å². The van der Waals surface area contributed by atoms with Gasteiger partial charge in [0.15, 0.2) is 0 Å². The summed E-state index contributed by atoms with van der Waals surface area (Å²) in [6, 6.07) is 0. The summed E-state index contributed by atoms with van der Waals surface area (Å²) < 4.78 is 39.3. The van der Waals surface area contributed by atoms with Crippen LogP contribution in [-0.2, 0) is 32.4 Å². The van der Waals surface area contributed by atoms with E-state index < -0.39 is 13.2 Å². The van der Waals surface area contributed by atoms with E-state index in [1.165, 1.54) is 0 Å². The molecule has 0 rings (SSSR count). The Morgan fingerprint density at radius 1 is 0.808 bits per heavy atom. The van der Waals surface area contributed by atoms with Crippen molar-refractivity contribution in [2.75, 3.05) is 46.2 Å². The zero-order valence-electron chi connectivity index (χ0n) is 17.1. The molecule has 0 amide bonds. The normalized spacial score (nSPS) is 12.5. The third-order valence-corrected chi connectivity index (χ3v) is 5.26. The molecule has 0 N–H and O–H groups in total. The fourth-order valence-corrected chi connectivity index (χ4v) is 2.84. The first-order chi connectivity index (χ1) is 12.3. The molecule has 0 heterocycles. The van der Waals surface area contributed by atoms with E-state index in [1.807, 2.05) is 27.7 Å². The number of hydrogen-bond acceptors (Lipinski definition) is 7. The van der Waals surface area contributed by atoms with Gasteiger partial charge in [0.2, 0.25) is 0 Å². The van der Waals surface area contributed by atoms with E-state index >= 15 is 0 Å². The van der Waals surface area contributed by atoms with E-state index in [9.17, 15) is 9.36 Å². The van der Waals surface area contributed by atoms with Gasteiger partial charge in [0.1, 0.15) is 5.78 Å². The molecule has 0 saturated carbocycles. The number of carbonyl (C=O) groups is 1. The molecule has 8 heteroatoms. The number of Topliss-reactive ketones (excluding diaryl/α,β-unsaturated/α-hetero) is 1. The SMILES string of the molecule is CCCCOP(=O)(OCCCC)OCCOCCOCC(C)(C)C(C)=O. The highest BCUT2D eigenvalue weighted by Gasteiger charge is 2.26. The van der Waals surface area contributed by atoms with Crippen LogP contribution in [0.15, 0.2) is 0 Å². The van der Waals surface area contributed by atoms with Crippen molar-refractivity contribution < 1.29 is 32.4 Å². The highest BCUT2D eigenvalue weighted by Crippen LogP contribution is 2.49. The van der Waals surface area contributed by atoms with E-state index in [0.29, 0.717) is 33.0 Å². The highest BCUT2D eigenvalue weighted by molar-refractivity contribution is 7.48. The number of ether oxygens (including phenoxy) is 2. The lowest BCUT2D eigenvalue weighted by Gasteiger charge is -2.20. The van der Waals surface area contributed by atoms with Crippen molar-refractivity contribution in [3.8, 4) is 0 Å². The number of unbranched alkanes of at least 4 members (excludes halogenated alkanes) is 2. The molecule has 0 aliphatic rings. The molecular formula is C18H37O7P. The van der Waals surface area contributed by atoms with Crippen molar-refractivity contribution in [2.45, 2.75) is 60.3 Å². The molecule has 26 heavy (non-hydrogen) atoms. The number of hydrogen-bond donors (Lipinski definition) is 0. The summed E-state index contributed by atoms with van der Waals surface area (Å²) in [4.78, 5) is 11.4. The molecule has 156 valence electrons. The third kappa shape index (κ3) is 13.0. The number of rotatable bonds is 18. The van der Waals surface area contributed by atoms with Crippen molar-refractivity contribution in [3.63, 3.8) is 0 Å². The topological polar surface area (TPSA) is 80.3 Å². The molecule has 0 aliphatic heterocycles. The Labute approximate surface area is 158 Å². The molecular weight excluding hydrogens is 359 g/mol. The molecule has 0 spiro atoms. The van der Waals surface area contributed by atoms with Crippen LogP contribution >= 0.6 is 7.82 Å². The zero-order valence-corrected chi connectivity index (χ0v) is 18.0. The first-order valence-electron chi connectivity index (χ1n) is 9.47. The molecule has 0 aromatic heterocycles. The van der Waals surface area contributed by atoms with Gasteiger partial charge in [0.05, 0.1) is 46.2 Å². The van der Waals surface area contributed by atoms with E-state index in [-0.39, 0.29) is 19.0 Å². The Kier molecular flexibility index (Phi) is 14.6. The van der Waals surface area contributed by atoms with Crippen molar-refractivity contribution >= 4 is 13.6 Å². The minimum absolute atomic E-state index is 0.0914. The molecule has 0 bridgehead atoms. The van der Waals surface area contributed by atoms with Crippen LogP contribution in [-0.4, -0.2) is 52.0 Å².